The molecule has 2 amide bonds. The zero-order valence-corrected chi connectivity index (χ0v) is 17.9. The molecule has 1 saturated heterocycles. The second-order valence-electron chi connectivity index (χ2n) is 7.86. The van der Waals surface area contributed by atoms with E-state index in [1.54, 1.807) is 28.0 Å². The third-order valence-electron chi connectivity index (χ3n) is 5.84. The zero-order valence-electron chi connectivity index (χ0n) is 17.0. The first-order chi connectivity index (χ1) is 15.0. The lowest BCUT2D eigenvalue weighted by atomic mass is 10.0. The number of hydrogen-bond acceptors (Lipinski definition) is 3. The Bertz CT molecular complexity index is 1180. The number of carbonyl (C=O) groups excluding carboxylic acids is 2. The number of thioether (sulfide) groups is 1. The van der Waals surface area contributed by atoms with Crippen LogP contribution < -0.4 is 4.90 Å². The molecule has 156 valence electrons. The highest BCUT2D eigenvalue weighted by atomic mass is 32.2. The average molecular weight is 433 g/mol. The molecule has 0 bridgehead atoms. The van der Waals surface area contributed by atoms with Crippen molar-refractivity contribution in [2.75, 3.05) is 17.2 Å². The zero-order chi connectivity index (χ0) is 21.6. The Hall–Kier alpha value is -3.12. The highest BCUT2D eigenvalue weighted by Gasteiger charge is 2.59. The molecule has 3 aromatic carbocycles. The van der Waals surface area contributed by atoms with Crippen molar-refractivity contribution in [3.63, 3.8) is 0 Å². The number of aryl methyl sites for hydroxylation is 1. The van der Waals surface area contributed by atoms with Crippen molar-refractivity contribution in [1.29, 1.82) is 0 Å². The molecule has 2 aliphatic heterocycles. The largest absolute Gasteiger partial charge is 0.311 e. The lowest BCUT2D eigenvalue weighted by Gasteiger charge is -2.33. The molecule has 0 N–H and O–H groups in total. The van der Waals surface area contributed by atoms with Gasteiger partial charge in [-0.15, -0.1) is 11.8 Å². The summed E-state index contributed by atoms with van der Waals surface area (Å²) in [5, 5.41) is 0. The van der Waals surface area contributed by atoms with Gasteiger partial charge in [0.15, 0.2) is 4.87 Å². The first kappa shape index (κ1) is 19.8. The predicted molar refractivity (Wildman–Crippen MR) is 120 cm³/mol. The molecule has 1 atom stereocenters. The fourth-order valence-electron chi connectivity index (χ4n) is 4.44. The van der Waals surface area contributed by atoms with Gasteiger partial charge in [-0.25, -0.2) is 4.39 Å². The van der Waals surface area contributed by atoms with Crippen LogP contribution in [0, 0.1) is 12.7 Å². The van der Waals surface area contributed by atoms with Crippen LogP contribution >= 0.6 is 11.8 Å². The maximum Gasteiger partial charge on any atom is 0.268 e. The third-order valence-corrected chi connectivity index (χ3v) is 7.26. The standard InChI is InChI=1S/C25H21FN2O2S/c1-17-10-11-22-21(14-17)25(24(30)27(22)16-18-6-5-9-20(26)15-18)28(12-13-31-25)23(29)19-7-3-2-4-8-19/h2-11,14-15H,12-13,16H2,1H3/t25-/m1/s1. The Morgan fingerprint density at radius 3 is 2.65 bits per heavy atom. The number of benzene rings is 3. The van der Waals surface area contributed by atoms with Crippen molar-refractivity contribution in [1.82, 2.24) is 4.90 Å². The molecule has 4 nitrogen and oxygen atoms in total. The summed E-state index contributed by atoms with van der Waals surface area (Å²) in [6, 6.07) is 21.3. The van der Waals surface area contributed by atoms with Crippen molar-refractivity contribution < 1.29 is 14.0 Å². The lowest BCUT2D eigenvalue weighted by molar-refractivity contribution is -0.123. The van der Waals surface area contributed by atoms with Gasteiger partial charge < -0.3 is 9.80 Å². The van der Waals surface area contributed by atoms with Crippen molar-refractivity contribution >= 4 is 29.3 Å². The minimum atomic E-state index is -1.10. The summed E-state index contributed by atoms with van der Waals surface area (Å²) >= 11 is 1.50. The molecule has 6 heteroatoms. The fourth-order valence-corrected chi connectivity index (χ4v) is 5.89. The van der Waals surface area contributed by atoms with Crippen molar-refractivity contribution in [3.05, 3.63) is 101 Å². The van der Waals surface area contributed by atoms with Crippen molar-refractivity contribution in [2.24, 2.45) is 0 Å². The van der Waals surface area contributed by atoms with Crippen molar-refractivity contribution in [2.45, 2.75) is 18.3 Å². The average Bonchev–Trinajstić information content (AvgIpc) is 3.31. The van der Waals surface area contributed by atoms with E-state index in [1.165, 1.54) is 23.9 Å². The number of halogens is 1. The van der Waals surface area contributed by atoms with E-state index in [0.29, 0.717) is 23.4 Å². The second kappa shape index (κ2) is 7.54. The van der Waals surface area contributed by atoms with E-state index in [1.807, 2.05) is 49.4 Å². The Morgan fingerprint density at radius 1 is 1.06 bits per heavy atom. The van der Waals surface area contributed by atoms with Gasteiger partial charge in [0.05, 0.1) is 12.2 Å². The molecule has 1 spiro atoms. The van der Waals surface area contributed by atoms with E-state index in [0.717, 1.165) is 16.8 Å². The van der Waals surface area contributed by atoms with Gasteiger partial charge in [-0.1, -0.05) is 48.0 Å². The number of nitrogens with zero attached hydrogens (tertiary/aromatic N) is 2. The molecule has 0 aliphatic carbocycles. The minimum absolute atomic E-state index is 0.149. The number of amides is 2. The quantitative estimate of drug-likeness (QED) is 0.601. The van der Waals surface area contributed by atoms with Crippen LogP contribution in [0.1, 0.15) is 27.0 Å². The number of anilines is 1. The van der Waals surface area contributed by atoms with Crippen LogP contribution in [0.4, 0.5) is 10.1 Å². The molecule has 5 rings (SSSR count). The molecule has 3 aromatic rings. The summed E-state index contributed by atoms with van der Waals surface area (Å²) in [6.07, 6.45) is 0. The van der Waals surface area contributed by atoms with E-state index in [4.69, 9.17) is 0 Å². The van der Waals surface area contributed by atoms with Crippen LogP contribution in [0.25, 0.3) is 0 Å². The summed E-state index contributed by atoms with van der Waals surface area (Å²) in [5.74, 6) is 0.0353. The minimum Gasteiger partial charge on any atom is -0.311 e. The highest BCUT2D eigenvalue weighted by molar-refractivity contribution is 8.01. The van der Waals surface area contributed by atoms with Gasteiger partial charge in [0.1, 0.15) is 5.82 Å². The monoisotopic (exact) mass is 432 g/mol. The van der Waals surface area contributed by atoms with Crippen LogP contribution in [-0.4, -0.2) is 29.0 Å². The van der Waals surface area contributed by atoms with Crippen LogP contribution in [-0.2, 0) is 16.2 Å². The number of hydrogen-bond donors (Lipinski definition) is 0. The number of carbonyl (C=O) groups is 2. The highest BCUT2D eigenvalue weighted by Crippen LogP contribution is 2.55. The maximum atomic E-state index is 14.0. The Labute approximate surface area is 184 Å². The maximum absolute atomic E-state index is 14.0. The van der Waals surface area contributed by atoms with E-state index < -0.39 is 4.87 Å². The summed E-state index contributed by atoms with van der Waals surface area (Å²) in [6.45, 7) is 2.73. The molecule has 31 heavy (non-hydrogen) atoms. The SMILES string of the molecule is Cc1ccc2c(c1)[C@@]1(SCCN1C(=O)c1ccccc1)C(=O)N2Cc1cccc(F)c1. The molecule has 2 aliphatic rings. The molecule has 0 radical (unpaired) electrons. The van der Waals surface area contributed by atoms with E-state index >= 15 is 0 Å². The summed E-state index contributed by atoms with van der Waals surface area (Å²) in [5.41, 5.74) is 3.91. The molecular weight excluding hydrogens is 411 g/mol. The topological polar surface area (TPSA) is 40.6 Å². The lowest BCUT2D eigenvalue weighted by Crippen LogP contribution is -2.50. The normalized spacial score (nSPS) is 19.9. The van der Waals surface area contributed by atoms with E-state index in [2.05, 4.69) is 0 Å². The van der Waals surface area contributed by atoms with Gasteiger partial charge >= 0.3 is 0 Å². The molecule has 0 saturated carbocycles. The Balaban J connectivity index is 1.61. The summed E-state index contributed by atoms with van der Waals surface area (Å²) in [7, 11) is 0. The first-order valence-corrected chi connectivity index (χ1v) is 11.2. The van der Waals surface area contributed by atoms with Gasteiger partial charge in [0.2, 0.25) is 0 Å². The van der Waals surface area contributed by atoms with Gasteiger partial charge in [0.25, 0.3) is 11.8 Å². The molecule has 2 heterocycles. The van der Waals surface area contributed by atoms with Gasteiger partial charge in [-0.2, -0.15) is 0 Å². The van der Waals surface area contributed by atoms with Crippen LogP contribution in [0.15, 0.2) is 72.8 Å². The predicted octanol–water partition coefficient (Wildman–Crippen LogP) is 4.72. The third kappa shape index (κ3) is 3.13. The van der Waals surface area contributed by atoms with Gasteiger partial charge in [-0.05, 0) is 42.8 Å². The smallest absolute Gasteiger partial charge is 0.268 e. The van der Waals surface area contributed by atoms with E-state index in [-0.39, 0.29) is 24.2 Å². The van der Waals surface area contributed by atoms with Crippen LogP contribution in [0.3, 0.4) is 0 Å². The second-order valence-corrected chi connectivity index (χ2v) is 9.14. The Morgan fingerprint density at radius 2 is 1.87 bits per heavy atom. The first-order valence-electron chi connectivity index (χ1n) is 10.2. The summed E-state index contributed by atoms with van der Waals surface area (Å²) in [4.78, 5) is 29.7. The molecule has 0 unspecified atom stereocenters. The van der Waals surface area contributed by atoms with Gasteiger partial charge in [0, 0.05) is 23.4 Å². The molecule has 1 fully saturated rings. The van der Waals surface area contributed by atoms with Crippen LogP contribution in [0.2, 0.25) is 0 Å². The number of rotatable bonds is 3. The van der Waals surface area contributed by atoms with E-state index in [9.17, 15) is 14.0 Å². The number of fused-ring (bicyclic) bond motifs is 2. The van der Waals surface area contributed by atoms with Gasteiger partial charge in [-0.3, -0.25) is 9.59 Å². The molecular formula is C25H21FN2O2S. The fraction of sp³-hybridized carbons (Fsp3) is 0.200. The Kier molecular flexibility index (Phi) is 4.82. The van der Waals surface area contributed by atoms with Crippen LogP contribution in [0.5, 0.6) is 0 Å². The molecule has 0 aromatic heterocycles. The summed E-state index contributed by atoms with van der Waals surface area (Å²) < 4.78 is 13.8. The van der Waals surface area contributed by atoms with Crippen molar-refractivity contribution in [3.8, 4) is 0 Å².